The van der Waals surface area contributed by atoms with Gasteiger partial charge in [0, 0.05) is 12.5 Å². The summed E-state index contributed by atoms with van der Waals surface area (Å²) in [4.78, 5) is 11.7. The highest BCUT2D eigenvalue weighted by atomic mass is 16.1. The van der Waals surface area contributed by atoms with Crippen LogP contribution in [0.3, 0.4) is 0 Å². The zero-order valence-corrected chi connectivity index (χ0v) is 12.5. The molecule has 3 heteroatoms. The molecule has 19 heavy (non-hydrogen) atoms. The Morgan fingerprint density at radius 2 is 1.84 bits per heavy atom. The van der Waals surface area contributed by atoms with E-state index in [4.69, 9.17) is 0 Å². The smallest absolute Gasteiger partial charge is 0.220 e. The molecule has 3 nitrogen and oxygen atoms in total. The van der Waals surface area contributed by atoms with E-state index in [-0.39, 0.29) is 11.9 Å². The first kappa shape index (κ1) is 15.7. The lowest BCUT2D eigenvalue weighted by Gasteiger charge is -2.15. The SMILES string of the molecule is CNCCCC(=O)NC(C)Cc1cc(C)cc(C)c1. The van der Waals surface area contributed by atoms with Crippen LogP contribution in [-0.2, 0) is 11.2 Å². The van der Waals surface area contributed by atoms with Crippen LogP contribution in [0.5, 0.6) is 0 Å². The normalized spacial score (nSPS) is 12.2. The maximum atomic E-state index is 11.7. The van der Waals surface area contributed by atoms with Crippen LogP contribution in [0.25, 0.3) is 0 Å². The van der Waals surface area contributed by atoms with Gasteiger partial charge < -0.3 is 10.6 Å². The summed E-state index contributed by atoms with van der Waals surface area (Å²) in [6.45, 7) is 7.17. The van der Waals surface area contributed by atoms with E-state index < -0.39 is 0 Å². The van der Waals surface area contributed by atoms with E-state index in [2.05, 4.69) is 49.6 Å². The summed E-state index contributed by atoms with van der Waals surface area (Å²) in [6.07, 6.45) is 2.37. The zero-order valence-electron chi connectivity index (χ0n) is 12.5. The molecule has 1 atom stereocenters. The number of amides is 1. The number of hydrogen-bond acceptors (Lipinski definition) is 2. The van der Waals surface area contributed by atoms with Gasteiger partial charge in [0.15, 0.2) is 0 Å². The Labute approximate surface area is 116 Å². The number of carbonyl (C=O) groups excluding carboxylic acids is 1. The monoisotopic (exact) mass is 262 g/mol. The summed E-state index contributed by atoms with van der Waals surface area (Å²) in [7, 11) is 1.90. The minimum absolute atomic E-state index is 0.145. The third kappa shape index (κ3) is 6.39. The van der Waals surface area contributed by atoms with Crippen LogP contribution in [0.1, 0.15) is 36.5 Å². The summed E-state index contributed by atoms with van der Waals surface area (Å²) in [5.41, 5.74) is 3.85. The van der Waals surface area contributed by atoms with Crippen LogP contribution in [0.4, 0.5) is 0 Å². The highest BCUT2D eigenvalue weighted by Gasteiger charge is 2.08. The summed E-state index contributed by atoms with van der Waals surface area (Å²) in [5.74, 6) is 0.145. The highest BCUT2D eigenvalue weighted by Crippen LogP contribution is 2.11. The molecule has 0 radical (unpaired) electrons. The fourth-order valence-corrected chi connectivity index (χ4v) is 2.36. The third-order valence-electron chi connectivity index (χ3n) is 3.06. The minimum Gasteiger partial charge on any atom is -0.353 e. The molecule has 0 saturated heterocycles. The van der Waals surface area contributed by atoms with Gasteiger partial charge in [-0.2, -0.15) is 0 Å². The van der Waals surface area contributed by atoms with Crippen molar-refractivity contribution in [2.75, 3.05) is 13.6 Å². The molecule has 0 fully saturated rings. The van der Waals surface area contributed by atoms with Crippen LogP contribution in [0, 0.1) is 13.8 Å². The Hall–Kier alpha value is -1.35. The number of nitrogens with one attached hydrogen (secondary N) is 2. The van der Waals surface area contributed by atoms with E-state index in [1.54, 1.807) is 0 Å². The molecule has 1 aromatic carbocycles. The molecule has 0 bridgehead atoms. The van der Waals surface area contributed by atoms with Crippen molar-refractivity contribution in [3.8, 4) is 0 Å². The lowest BCUT2D eigenvalue weighted by Crippen LogP contribution is -2.34. The molecule has 0 heterocycles. The third-order valence-corrected chi connectivity index (χ3v) is 3.06. The first-order chi connectivity index (χ1) is 9.01. The Bertz CT molecular complexity index is 395. The van der Waals surface area contributed by atoms with Crippen molar-refractivity contribution in [3.05, 3.63) is 34.9 Å². The van der Waals surface area contributed by atoms with E-state index >= 15 is 0 Å². The molecule has 1 aromatic rings. The second kappa shape index (κ2) is 7.95. The van der Waals surface area contributed by atoms with Crippen LogP contribution >= 0.6 is 0 Å². The molecule has 106 valence electrons. The highest BCUT2D eigenvalue weighted by molar-refractivity contribution is 5.76. The number of benzene rings is 1. The Kier molecular flexibility index (Phi) is 6.57. The van der Waals surface area contributed by atoms with E-state index in [9.17, 15) is 4.79 Å². The van der Waals surface area contributed by atoms with E-state index in [0.29, 0.717) is 6.42 Å². The molecule has 0 aliphatic heterocycles. The fourth-order valence-electron chi connectivity index (χ4n) is 2.36. The van der Waals surface area contributed by atoms with Crippen molar-refractivity contribution in [2.45, 2.75) is 46.1 Å². The standard InChI is InChI=1S/C16H26N2O/c1-12-8-13(2)10-15(9-12)11-14(3)18-16(19)6-5-7-17-4/h8-10,14,17H,5-7,11H2,1-4H3,(H,18,19). The van der Waals surface area contributed by atoms with Gasteiger partial charge in [0.1, 0.15) is 0 Å². The Morgan fingerprint density at radius 1 is 1.21 bits per heavy atom. The van der Waals surface area contributed by atoms with Crippen molar-refractivity contribution < 1.29 is 4.79 Å². The van der Waals surface area contributed by atoms with Gasteiger partial charge >= 0.3 is 0 Å². The van der Waals surface area contributed by atoms with Gasteiger partial charge in [-0.15, -0.1) is 0 Å². The van der Waals surface area contributed by atoms with E-state index in [0.717, 1.165) is 19.4 Å². The summed E-state index contributed by atoms with van der Waals surface area (Å²) >= 11 is 0. The Balaban J connectivity index is 2.41. The van der Waals surface area contributed by atoms with Crippen LogP contribution < -0.4 is 10.6 Å². The lowest BCUT2D eigenvalue weighted by atomic mass is 10.0. The molecule has 0 aromatic heterocycles. The lowest BCUT2D eigenvalue weighted by molar-refractivity contribution is -0.121. The molecule has 0 spiro atoms. The molecule has 1 amide bonds. The second-order valence-electron chi connectivity index (χ2n) is 5.38. The first-order valence-electron chi connectivity index (χ1n) is 7.02. The van der Waals surface area contributed by atoms with Crippen molar-refractivity contribution >= 4 is 5.91 Å². The van der Waals surface area contributed by atoms with Gasteiger partial charge in [0.05, 0.1) is 0 Å². The molecule has 0 aliphatic rings. The number of carbonyl (C=O) groups is 1. The van der Waals surface area contributed by atoms with Crippen molar-refractivity contribution in [1.82, 2.24) is 10.6 Å². The van der Waals surface area contributed by atoms with Gasteiger partial charge in [0.2, 0.25) is 5.91 Å². The molecular formula is C16H26N2O. The first-order valence-corrected chi connectivity index (χ1v) is 7.02. The number of rotatable bonds is 7. The van der Waals surface area contributed by atoms with E-state index in [1.165, 1.54) is 16.7 Å². The van der Waals surface area contributed by atoms with Crippen molar-refractivity contribution in [3.63, 3.8) is 0 Å². The van der Waals surface area contributed by atoms with Crippen molar-refractivity contribution in [1.29, 1.82) is 0 Å². The predicted octanol–water partition coefficient (Wildman–Crippen LogP) is 2.35. The summed E-state index contributed by atoms with van der Waals surface area (Å²) in [6, 6.07) is 6.74. The van der Waals surface area contributed by atoms with Gasteiger partial charge in [-0.05, 0) is 52.8 Å². The molecule has 0 aliphatic carbocycles. The molecule has 2 N–H and O–H groups in total. The van der Waals surface area contributed by atoms with Gasteiger partial charge in [-0.25, -0.2) is 0 Å². The largest absolute Gasteiger partial charge is 0.353 e. The maximum absolute atomic E-state index is 11.7. The zero-order chi connectivity index (χ0) is 14.3. The quantitative estimate of drug-likeness (QED) is 0.741. The summed E-state index contributed by atoms with van der Waals surface area (Å²) < 4.78 is 0. The average molecular weight is 262 g/mol. The van der Waals surface area contributed by atoms with Crippen LogP contribution in [-0.4, -0.2) is 25.5 Å². The minimum atomic E-state index is 0.145. The van der Waals surface area contributed by atoms with Gasteiger partial charge in [-0.3, -0.25) is 4.79 Å². The number of aryl methyl sites for hydroxylation is 2. The molecular weight excluding hydrogens is 236 g/mol. The van der Waals surface area contributed by atoms with Crippen LogP contribution in [0.15, 0.2) is 18.2 Å². The molecule has 0 saturated carbocycles. The van der Waals surface area contributed by atoms with E-state index in [1.807, 2.05) is 7.05 Å². The average Bonchev–Trinajstić information content (AvgIpc) is 2.27. The molecule has 1 unspecified atom stereocenters. The predicted molar refractivity (Wildman–Crippen MR) is 80.4 cm³/mol. The fraction of sp³-hybridized carbons (Fsp3) is 0.562. The van der Waals surface area contributed by atoms with Crippen molar-refractivity contribution in [2.24, 2.45) is 0 Å². The van der Waals surface area contributed by atoms with Crippen LogP contribution in [0.2, 0.25) is 0 Å². The summed E-state index contributed by atoms with van der Waals surface area (Å²) in [5, 5.41) is 6.11. The van der Waals surface area contributed by atoms with Gasteiger partial charge in [0.25, 0.3) is 0 Å². The number of hydrogen-bond donors (Lipinski definition) is 2. The van der Waals surface area contributed by atoms with Gasteiger partial charge in [-0.1, -0.05) is 29.3 Å². The Morgan fingerprint density at radius 3 is 2.42 bits per heavy atom. The maximum Gasteiger partial charge on any atom is 0.220 e. The molecule has 1 rings (SSSR count). The second-order valence-corrected chi connectivity index (χ2v) is 5.38. The topological polar surface area (TPSA) is 41.1 Å².